The van der Waals surface area contributed by atoms with Gasteiger partial charge in [0.05, 0.1) is 5.92 Å². The van der Waals surface area contributed by atoms with Crippen LogP contribution in [0.1, 0.15) is 24.3 Å². The lowest BCUT2D eigenvalue weighted by atomic mass is 9.98. The van der Waals surface area contributed by atoms with Gasteiger partial charge in [0.1, 0.15) is 0 Å². The standard InChI is InChI=1S/C13H20N2O2/c14-10-12(11-6-2-1-3-7-11)13(17)15-8-4-5-9-16/h1-3,6-7,12,16H,4-5,8-10,14H2,(H,15,17). The number of unbranched alkanes of at least 4 members (excludes halogenated alkanes) is 1. The summed E-state index contributed by atoms with van der Waals surface area (Å²) in [5.41, 5.74) is 6.57. The molecule has 0 heterocycles. The Balaban J connectivity index is 2.48. The smallest absolute Gasteiger partial charge is 0.228 e. The summed E-state index contributed by atoms with van der Waals surface area (Å²) >= 11 is 0. The lowest BCUT2D eigenvalue weighted by Crippen LogP contribution is -2.34. The monoisotopic (exact) mass is 236 g/mol. The number of carbonyl (C=O) groups is 1. The van der Waals surface area contributed by atoms with Gasteiger partial charge in [-0.3, -0.25) is 4.79 Å². The highest BCUT2D eigenvalue weighted by Gasteiger charge is 2.17. The van der Waals surface area contributed by atoms with Gasteiger partial charge in [0, 0.05) is 19.7 Å². The van der Waals surface area contributed by atoms with Crippen LogP contribution < -0.4 is 11.1 Å². The van der Waals surface area contributed by atoms with Crippen molar-refractivity contribution in [3.63, 3.8) is 0 Å². The van der Waals surface area contributed by atoms with Gasteiger partial charge in [-0.15, -0.1) is 0 Å². The van der Waals surface area contributed by atoms with E-state index in [0.717, 1.165) is 12.0 Å². The predicted octanol–water partition coefficient (Wildman–Crippen LogP) is 0.618. The topological polar surface area (TPSA) is 75.4 Å². The van der Waals surface area contributed by atoms with Gasteiger partial charge in [0.15, 0.2) is 0 Å². The van der Waals surface area contributed by atoms with Gasteiger partial charge in [-0.05, 0) is 18.4 Å². The van der Waals surface area contributed by atoms with Crippen LogP contribution in [0.4, 0.5) is 0 Å². The molecule has 4 N–H and O–H groups in total. The van der Waals surface area contributed by atoms with Gasteiger partial charge in [-0.1, -0.05) is 30.3 Å². The summed E-state index contributed by atoms with van der Waals surface area (Å²) in [4.78, 5) is 11.9. The molecule has 1 aromatic carbocycles. The van der Waals surface area contributed by atoms with E-state index in [2.05, 4.69) is 5.32 Å². The fraction of sp³-hybridized carbons (Fsp3) is 0.462. The van der Waals surface area contributed by atoms with Gasteiger partial charge in [0.2, 0.25) is 5.91 Å². The summed E-state index contributed by atoms with van der Waals surface area (Å²) in [5.74, 6) is -0.332. The molecule has 0 aliphatic heterocycles. The van der Waals surface area contributed by atoms with Gasteiger partial charge in [-0.2, -0.15) is 0 Å². The third-order valence-corrected chi connectivity index (χ3v) is 2.64. The van der Waals surface area contributed by atoms with Crippen molar-refractivity contribution < 1.29 is 9.90 Å². The van der Waals surface area contributed by atoms with Crippen LogP contribution in [0, 0.1) is 0 Å². The molecule has 1 aromatic rings. The molecule has 1 atom stereocenters. The molecule has 0 aliphatic rings. The minimum Gasteiger partial charge on any atom is -0.396 e. The fourth-order valence-corrected chi connectivity index (χ4v) is 1.65. The molecular weight excluding hydrogens is 216 g/mol. The van der Waals surface area contributed by atoms with E-state index < -0.39 is 0 Å². The molecule has 0 saturated carbocycles. The maximum Gasteiger partial charge on any atom is 0.228 e. The molecule has 94 valence electrons. The molecule has 0 bridgehead atoms. The fourth-order valence-electron chi connectivity index (χ4n) is 1.65. The summed E-state index contributed by atoms with van der Waals surface area (Å²) in [6.45, 7) is 1.05. The molecule has 0 saturated heterocycles. The van der Waals surface area contributed by atoms with Crippen molar-refractivity contribution >= 4 is 5.91 Å². The van der Waals surface area contributed by atoms with E-state index in [1.807, 2.05) is 30.3 Å². The highest BCUT2D eigenvalue weighted by atomic mass is 16.2. The van der Waals surface area contributed by atoms with Crippen molar-refractivity contribution in [3.8, 4) is 0 Å². The van der Waals surface area contributed by atoms with Gasteiger partial charge < -0.3 is 16.2 Å². The summed E-state index contributed by atoms with van der Waals surface area (Å²) in [6.07, 6.45) is 1.49. The Bertz CT molecular complexity index is 327. The Kier molecular flexibility index (Phi) is 6.29. The second kappa shape index (κ2) is 7.81. The third kappa shape index (κ3) is 4.54. The van der Waals surface area contributed by atoms with Crippen LogP contribution >= 0.6 is 0 Å². The summed E-state index contributed by atoms with van der Waals surface area (Å²) < 4.78 is 0. The lowest BCUT2D eigenvalue weighted by Gasteiger charge is -2.15. The SMILES string of the molecule is NCC(C(=O)NCCCCO)c1ccccc1. The van der Waals surface area contributed by atoms with Crippen molar-refractivity contribution in [2.45, 2.75) is 18.8 Å². The number of aliphatic hydroxyl groups is 1. The van der Waals surface area contributed by atoms with Crippen LogP contribution in [-0.4, -0.2) is 30.7 Å². The molecule has 4 nitrogen and oxygen atoms in total. The number of rotatable bonds is 7. The minimum absolute atomic E-state index is 0.0448. The van der Waals surface area contributed by atoms with Gasteiger partial charge in [-0.25, -0.2) is 0 Å². The predicted molar refractivity (Wildman–Crippen MR) is 67.6 cm³/mol. The zero-order chi connectivity index (χ0) is 12.5. The Morgan fingerprint density at radius 2 is 2.00 bits per heavy atom. The minimum atomic E-state index is -0.287. The van der Waals surface area contributed by atoms with Crippen LogP contribution in [0.25, 0.3) is 0 Å². The van der Waals surface area contributed by atoms with E-state index in [4.69, 9.17) is 10.8 Å². The van der Waals surface area contributed by atoms with Crippen molar-refractivity contribution in [1.82, 2.24) is 5.32 Å². The number of benzene rings is 1. The number of nitrogens with one attached hydrogen (secondary N) is 1. The first-order valence-electron chi connectivity index (χ1n) is 5.93. The Morgan fingerprint density at radius 3 is 2.59 bits per heavy atom. The van der Waals surface area contributed by atoms with Crippen LogP contribution in [0.5, 0.6) is 0 Å². The maximum atomic E-state index is 11.9. The number of aliphatic hydroxyl groups excluding tert-OH is 1. The number of carbonyl (C=O) groups excluding carboxylic acids is 1. The van der Waals surface area contributed by atoms with Crippen molar-refractivity contribution in [3.05, 3.63) is 35.9 Å². The van der Waals surface area contributed by atoms with Gasteiger partial charge in [0.25, 0.3) is 0 Å². The average molecular weight is 236 g/mol. The van der Waals surface area contributed by atoms with E-state index in [1.165, 1.54) is 0 Å². The molecule has 1 amide bonds. The van der Waals surface area contributed by atoms with Crippen molar-refractivity contribution in [1.29, 1.82) is 0 Å². The van der Waals surface area contributed by atoms with E-state index >= 15 is 0 Å². The molecular formula is C13H20N2O2. The first-order chi connectivity index (χ1) is 8.29. The van der Waals surface area contributed by atoms with Crippen LogP contribution in [-0.2, 0) is 4.79 Å². The quantitative estimate of drug-likeness (QED) is 0.607. The molecule has 0 radical (unpaired) electrons. The first-order valence-corrected chi connectivity index (χ1v) is 5.93. The van der Waals surface area contributed by atoms with E-state index in [0.29, 0.717) is 19.5 Å². The molecule has 0 fully saturated rings. The van der Waals surface area contributed by atoms with E-state index in [1.54, 1.807) is 0 Å². The Labute approximate surface area is 102 Å². The molecule has 17 heavy (non-hydrogen) atoms. The average Bonchev–Trinajstić information content (AvgIpc) is 2.37. The molecule has 1 rings (SSSR count). The van der Waals surface area contributed by atoms with Gasteiger partial charge >= 0.3 is 0 Å². The Hall–Kier alpha value is -1.39. The summed E-state index contributed by atoms with van der Waals surface area (Å²) in [6, 6.07) is 9.53. The second-order valence-electron chi connectivity index (χ2n) is 3.92. The van der Waals surface area contributed by atoms with E-state index in [-0.39, 0.29) is 18.4 Å². The molecule has 0 spiro atoms. The highest BCUT2D eigenvalue weighted by Crippen LogP contribution is 2.13. The zero-order valence-electron chi connectivity index (χ0n) is 9.93. The highest BCUT2D eigenvalue weighted by molar-refractivity contribution is 5.83. The third-order valence-electron chi connectivity index (χ3n) is 2.64. The second-order valence-corrected chi connectivity index (χ2v) is 3.92. The molecule has 4 heteroatoms. The first kappa shape index (κ1) is 13.7. The number of amides is 1. The number of hydrogen-bond donors (Lipinski definition) is 3. The van der Waals surface area contributed by atoms with Crippen LogP contribution in [0.3, 0.4) is 0 Å². The van der Waals surface area contributed by atoms with Crippen LogP contribution in [0.15, 0.2) is 30.3 Å². The number of hydrogen-bond acceptors (Lipinski definition) is 3. The largest absolute Gasteiger partial charge is 0.396 e. The molecule has 0 aliphatic carbocycles. The maximum absolute atomic E-state index is 11.9. The van der Waals surface area contributed by atoms with Crippen molar-refractivity contribution in [2.75, 3.05) is 19.7 Å². The Morgan fingerprint density at radius 1 is 1.29 bits per heavy atom. The molecule has 1 unspecified atom stereocenters. The summed E-state index contributed by atoms with van der Waals surface area (Å²) in [5, 5.41) is 11.5. The lowest BCUT2D eigenvalue weighted by molar-refractivity contribution is -0.122. The normalized spacial score (nSPS) is 12.1. The summed E-state index contributed by atoms with van der Waals surface area (Å²) in [7, 11) is 0. The molecule has 0 aromatic heterocycles. The van der Waals surface area contributed by atoms with Crippen LogP contribution in [0.2, 0.25) is 0 Å². The van der Waals surface area contributed by atoms with E-state index in [9.17, 15) is 4.79 Å². The zero-order valence-corrected chi connectivity index (χ0v) is 9.93. The van der Waals surface area contributed by atoms with Crippen molar-refractivity contribution in [2.24, 2.45) is 5.73 Å². The number of nitrogens with two attached hydrogens (primary N) is 1.